The van der Waals surface area contributed by atoms with Gasteiger partial charge in [0.2, 0.25) is 0 Å². The van der Waals surface area contributed by atoms with Crippen molar-refractivity contribution in [3.05, 3.63) is 94.4 Å². The molecule has 180 valence electrons. The molecule has 4 rings (SSSR count). The van der Waals surface area contributed by atoms with Crippen LogP contribution in [0.1, 0.15) is 50.8 Å². The third-order valence-corrected chi connectivity index (χ3v) is 7.06. The van der Waals surface area contributed by atoms with Crippen molar-refractivity contribution >= 4 is 6.03 Å². The Balaban J connectivity index is 1.55. The Morgan fingerprint density at radius 2 is 1.74 bits per heavy atom. The molecule has 35 heavy (non-hydrogen) atoms. The first-order valence-corrected chi connectivity index (χ1v) is 12.0. The maximum Gasteiger partial charge on any atom is 0.318 e. The summed E-state index contributed by atoms with van der Waals surface area (Å²) in [6, 6.07) is 23.7. The molecule has 0 radical (unpaired) electrons. The highest BCUT2D eigenvalue weighted by atomic mass is 16.2. The van der Waals surface area contributed by atoms with Gasteiger partial charge in [-0.15, -0.1) is 0 Å². The SMILES string of the molecule is C[C@@H](c1ccc(-c2ccn(C)c(=O)c2)cc1)N1CC[C@](CC(C)(C)C#N)(c2ccccc2)NC1=O. The fourth-order valence-electron chi connectivity index (χ4n) is 4.99. The Bertz CT molecular complexity index is 1310. The van der Waals surface area contributed by atoms with Crippen molar-refractivity contribution in [3.63, 3.8) is 0 Å². The zero-order valence-electron chi connectivity index (χ0n) is 20.8. The number of pyridine rings is 1. The fraction of sp³-hybridized carbons (Fsp3) is 0.345. The Labute approximate surface area is 206 Å². The van der Waals surface area contributed by atoms with E-state index in [2.05, 4.69) is 11.4 Å². The van der Waals surface area contributed by atoms with E-state index < -0.39 is 11.0 Å². The van der Waals surface area contributed by atoms with Crippen molar-refractivity contribution in [2.24, 2.45) is 12.5 Å². The fourth-order valence-corrected chi connectivity index (χ4v) is 4.99. The first kappa shape index (κ1) is 24.3. The maximum absolute atomic E-state index is 13.4. The molecule has 1 N–H and O–H groups in total. The summed E-state index contributed by atoms with van der Waals surface area (Å²) in [5.74, 6) is 0. The second-order valence-electron chi connectivity index (χ2n) is 10.2. The van der Waals surface area contributed by atoms with Gasteiger partial charge in [-0.2, -0.15) is 5.26 Å². The molecule has 1 saturated heterocycles. The van der Waals surface area contributed by atoms with Crippen LogP contribution in [0.15, 0.2) is 77.7 Å². The lowest BCUT2D eigenvalue weighted by Crippen LogP contribution is -2.59. The number of urea groups is 1. The van der Waals surface area contributed by atoms with Crippen molar-refractivity contribution in [2.75, 3.05) is 6.54 Å². The number of nitriles is 1. The van der Waals surface area contributed by atoms with E-state index in [1.807, 2.05) is 86.3 Å². The standard InChI is InChI=1S/C29H32N4O2/c1-21(22-10-12-23(13-11-22)24-14-16-32(4)26(34)18-24)33-17-15-29(31-27(33)35,19-28(2,3)20-30)25-8-6-5-7-9-25/h5-14,16,18,21H,15,17,19H2,1-4H3,(H,31,35)/t21-,29-/m0/s1. The topological polar surface area (TPSA) is 78.1 Å². The van der Waals surface area contributed by atoms with Gasteiger partial charge in [-0.3, -0.25) is 4.79 Å². The number of aromatic nitrogens is 1. The van der Waals surface area contributed by atoms with Crippen LogP contribution in [0.4, 0.5) is 4.79 Å². The number of carbonyl (C=O) groups excluding carboxylic acids is 1. The summed E-state index contributed by atoms with van der Waals surface area (Å²) in [4.78, 5) is 27.3. The van der Waals surface area contributed by atoms with Gasteiger partial charge in [0.05, 0.1) is 23.1 Å². The monoisotopic (exact) mass is 468 g/mol. The number of aryl methyl sites for hydroxylation is 1. The van der Waals surface area contributed by atoms with Gasteiger partial charge in [-0.25, -0.2) is 4.79 Å². The van der Waals surface area contributed by atoms with Crippen LogP contribution in [0, 0.1) is 16.7 Å². The Morgan fingerprint density at radius 3 is 2.34 bits per heavy atom. The van der Waals surface area contributed by atoms with E-state index in [1.165, 1.54) is 0 Å². The number of hydrogen-bond donors (Lipinski definition) is 1. The quantitative estimate of drug-likeness (QED) is 0.529. The molecule has 2 heterocycles. The molecule has 3 aromatic rings. The lowest BCUT2D eigenvalue weighted by atomic mass is 9.73. The number of carbonyl (C=O) groups is 1. The average Bonchev–Trinajstić information content (AvgIpc) is 2.86. The van der Waals surface area contributed by atoms with Gasteiger partial charge in [0, 0.05) is 25.9 Å². The summed E-state index contributed by atoms with van der Waals surface area (Å²) in [7, 11) is 1.73. The lowest BCUT2D eigenvalue weighted by Gasteiger charge is -2.46. The molecule has 2 atom stereocenters. The van der Waals surface area contributed by atoms with Crippen LogP contribution in [-0.2, 0) is 12.6 Å². The van der Waals surface area contributed by atoms with Crippen molar-refractivity contribution < 1.29 is 4.79 Å². The van der Waals surface area contributed by atoms with E-state index in [0.717, 1.165) is 22.3 Å². The van der Waals surface area contributed by atoms with E-state index in [9.17, 15) is 14.9 Å². The van der Waals surface area contributed by atoms with Crippen molar-refractivity contribution in [3.8, 4) is 17.2 Å². The summed E-state index contributed by atoms with van der Waals surface area (Å²) in [5, 5.41) is 13.0. The summed E-state index contributed by atoms with van der Waals surface area (Å²) in [5.41, 5.74) is 2.67. The summed E-state index contributed by atoms with van der Waals surface area (Å²) < 4.78 is 1.54. The first-order chi connectivity index (χ1) is 16.6. The molecular weight excluding hydrogens is 436 g/mol. The van der Waals surface area contributed by atoms with Crippen LogP contribution >= 0.6 is 0 Å². The van der Waals surface area contributed by atoms with E-state index in [0.29, 0.717) is 19.4 Å². The van der Waals surface area contributed by atoms with Gasteiger partial charge >= 0.3 is 6.03 Å². The molecule has 0 spiro atoms. The first-order valence-electron chi connectivity index (χ1n) is 12.0. The molecule has 6 heteroatoms. The van der Waals surface area contributed by atoms with Crippen LogP contribution in [-0.4, -0.2) is 22.0 Å². The molecule has 1 aliphatic rings. The highest BCUT2D eigenvalue weighted by Crippen LogP contribution is 2.40. The van der Waals surface area contributed by atoms with Gasteiger partial charge in [0.15, 0.2) is 0 Å². The molecule has 0 bridgehead atoms. The minimum atomic E-state index is -0.586. The van der Waals surface area contributed by atoms with Crippen molar-refractivity contribution in [1.29, 1.82) is 5.26 Å². The molecule has 0 aliphatic carbocycles. The third-order valence-electron chi connectivity index (χ3n) is 7.06. The number of rotatable bonds is 6. The molecule has 1 aliphatic heterocycles. The van der Waals surface area contributed by atoms with Gasteiger partial charge in [0.1, 0.15) is 0 Å². The lowest BCUT2D eigenvalue weighted by molar-refractivity contribution is 0.109. The Morgan fingerprint density at radius 1 is 1.06 bits per heavy atom. The van der Waals surface area contributed by atoms with Crippen LogP contribution in [0.5, 0.6) is 0 Å². The van der Waals surface area contributed by atoms with E-state index >= 15 is 0 Å². The van der Waals surface area contributed by atoms with Gasteiger partial charge in [-0.05, 0) is 61.9 Å². The normalized spacial score (nSPS) is 19.1. The predicted molar refractivity (Wildman–Crippen MR) is 138 cm³/mol. The van der Waals surface area contributed by atoms with Crippen LogP contribution in [0.2, 0.25) is 0 Å². The number of benzene rings is 2. The average molecular weight is 469 g/mol. The van der Waals surface area contributed by atoms with E-state index in [-0.39, 0.29) is 17.6 Å². The Kier molecular flexibility index (Phi) is 6.53. The molecule has 0 unspecified atom stereocenters. The third kappa shape index (κ3) is 5.00. The smallest absolute Gasteiger partial charge is 0.318 e. The van der Waals surface area contributed by atoms with Crippen molar-refractivity contribution in [2.45, 2.75) is 45.2 Å². The number of hydrogen-bond acceptors (Lipinski definition) is 3. The Hall–Kier alpha value is -3.85. The maximum atomic E-state index is 13.4. The zero-order chi connectivity index (χ0) is 25.2. The molecular formula is C29H32N4O2. The second-order valence-corrected chi connectivity index (χ2v) is 10.2. The second kappa shape index (κ2) is 9.42. The van der Waals surface area contributed by atoms with Crippen molar-refractivity contribution in [1.82, 2.24) is 14.8 Å². The number of nitrogens with one attached hydrogen (secondary N) is 1. The minimum Gasteiger partial charge on any atom is -0.328 e. The van der Waals surface area contributed by atoms with Crippen LogP contribution in [0.25, 0.3) is 11.1 Å². The highest BCUT2D eigenvalue weighted by molar-refractivity contribution is 5.77. The summed E-state index contributed by atoms with van der Waals surface area (Å²) in [6.07, 6.45) is 3.02. The predicted octanol–water partition coefficient (Wildman–Crippen LogP) is 5.36. The molecule has 0 saturated carbocycles. The molecule has 2 aromatic carbocycles. The van der Waals surface area contributed by atoms with Gasteiger partial charge in [0.25, 0.3) is 5.56 Å². The van der Waals surface area contributed by atoms with Gasteiger partial charge in [-0.1, -0.05) is 54.6 Å². The minimum absolute atomic E-state index is 0.0496. The molecule has 1 aromatic heterocycles. The van der Waals surface area contributed by atoms with Crippen LogP contribution < -0.4 is 10.9 Å². The molecule has 6 nitrogen and oxygen atoms in total. The largest absolute Gasteiger partial charge is 0.328 e. The van der Waals surface area contributed by atoms with Crippen LogP contribution in [0.3, 0.4) is 0 Å². The molecule has 2 amide bonds. The van der Waals surface area contributed by atoms with E-state index in [1.54, 1.807) is 23.9 Å². The molecule has 1 fully saturated rings. The number of nitrogens with zero attached hydrogens (tertiary/aromatic N) is 3. The number of amides is 2. The summed E-state index contributed by atoms with van der Waals surface area (Å²) in [6.45, 7) is 6.45. The highest BCUT2D eigenvalue weighted by Gasteiger charge is 2.44. The van der Waals surface area contributed by atoms with E-state index in [4.69, 9.17) is 0 Å². The summed E-state index contributed by atoms with van der Waals surface area (Å²) >= 11 is 0. The van der Waals surface area contributed by atoms with Gasteiger partial charge < -0.3 is 14.8 Å². The zero-order valence-corrected chi connectivity index (χ0v) is 20.8.